The first-order chi connectivity index (χ1) is 35.4. The van der Waals surface area contributed by atoms with E-state index in [0.717, 1.165) is 76.2 Å². The van der Waals surface area contributed by atoms with Crippen LogP contribution >= 0.6 is 22.7 Å². The first kappa shape index (κ1) is 30.3. The van der Waals surface area contributed by atoms with Gasteiger partial charge < -0.3 is 8.80 Å². The van der Waals surface area contributed by atoms with Crippen LogP contribution in [0.5, 0.6) is 0 Å². The summed E-state index contributed by atoms with van der Waals surface area (Å²) in [6, 6.07) is 38.1. The van der Waals surface area contributed by atoms with Gasteiger partial charge in [0.15, 0.2) is 0 Å². The minimum Gasteiger partial charge on any atom is -0.308 e. The van der Waals surface area contributed by atoms with Crippen molar-refractivity contribution in [3.8, 4) is 22.3 Å². The summed E-state index contributed by atoms with van der Waals surface area (Å²) in [5, 5.41) is 12.4. The SMILES string of the molecule is [2H]c1c([2H])c(C(C)(C)C)c([2H])c([2H])c1-c1ccc2c3c4sc5ccccc5c4ccc3n3c4cc5c6c(-c7c([2H])c([2H])c(C(C)(C)C)c([2H])c7[2H])ccc7c8c9sc%10ccccc%10c9ccc8n(c5cc4c1c23)c76. The lowest BCUT2D eigenvalue weighted by Gasteiger charge is -2.19. The van der Waals surface area contributed by atoms with Crippen molar-refractivity contribution in [2.24, 2.45) is 0 Å². The van der Waals surface area contributed by atoms with Gasteiger partial charge in [-0.1, -0.05) is 163 Å². The van der Waals surface area contributed by atoms with Gasteiger partial charge in [-0.25, -0.2) is 0 Å². The molecule has 0 unspecified atom stereocenters. The molecule has 314 valence electrons. The third kappa shape index (κ3) is 4.70. The number of aromatic nitrogens is 2. The quantitative estimate of drug-likeness (QED) is 0.164. The highest BCUT2D eigenvalue weighted by atomic mass is 32.1. The number of rotatable bonds is 2. The number of hydrogen-bond donors (Lipinski definition) is 0. The summed E-state index contributed by atoms with van der Waals surface area (Å²) in [6.07, 6.45) is 0. The fourth-order valence-corrected chi connectivity index (χ4v) is 13.7. The Kier molecular flexibility index (Phi) is 5.72. The Balaban J connectivity index is 1.17. The van der Waals surface area contributed by atoms with E-state index >= 15 is 0 Å². The van der Waals surface area contributed by atoms with Crippen LogP contribution in [0.25, 0.3) is 139 Å². The maximum atomic E-state index is 9.67. The van der Waals surface area contributed by atoms with E-state index in [1.54, 1.807) is 22.7 Å². The standard InChI is InChI=1S/C62H44N2S2/c1-61(2,3)35-19-15-33(16-20-35)37-23-25-43-55-47(29-27-41-39-11-7-9-13-51(39)65-59(41)55)63-49-32-46-50(31-45(49)53(37)57(43)63)64-48-30-28-42-40-12-8-10-14-52(40)66-60(42)56(48)44-26-24-38(54(46)58(44)64)34-17-21-36(22-18-34)62(4,5)6/h7-32H,1-6H3/i15D,16D,17D,18D,19D,20D,21D,22D. The van der Waals surface area contributed by atoms with Crippen molar-refractivity contribution in [1.82, 2.24) is 8.80 Å². The molecule has 66 heavy (non-hydrogen) atoms. The normalized spacial score (nSPS) is 15.0. The molecule has 6 aromatic heterocycles. The van der Waals surface area contributed by atoms with E-state index in [1.807, 2.05) is 53.7 Å². The molecule has 6 heterocycles. The van der Waals surface area contributed by atoms with Crippen LogP contribution < -0.4 is 0 Å². The van der Waals surface area contributed by atoms with E-state index in [1.165, 1.54) is 40.3 Å². The van der Waals surface area contributed by atoms with Gasteiger partial charge in [0.25, 0.3) is 0 Å². The molecular weight excluding hydrogens is 837 g/mol. The van der Waals surface area contributed by atoms with E-state index in [4.69, 9.17) is 0 Å². The van der Waals surface area contributed by atoms with Crippen LogP contribution in [0.2, 0.25) is 0 Å². The van der Waals surface area contributed by atoms with Crippen molar-refractivity contribution in [3.63, 3.8) is 0 Å². The molecule has 0 spiro atoms. The van der Waals surface area contributed by atoms with Crippen molar-refractivity contribution >= 4 is 139 Å². The molecule has 15 rings (SSSR count). The van der Waals surface area contributed by atoms with Gasteiger partial charge in [0.1, 0.15) is 0 Å². The Labute approximate surface area is 400 Å². The van der Waals surface area contributed by atoms with Crippen molar-refractivity contribution in [3.05, 3.63) is 169 Å². The van der Waals surface area contributed by atoms with Crippen molar-refractivity contribution in [2.45, 2.75) is 52.4 Å². The van der Waals surface area contributed by atoms with E-state index in [-0.39, 0.29) is 59.5 Å². The van der Waals surface area contributed by atoms with Crippen LogP contribution in [0.1, 0.15) is 63.6 Å². The summed E-state index contributed by atoms with van der Waals surface area (Å²) in [7, 11) is 0. The Morgan fingerprint density at radius 2 is 0.773 bits per heavy atom. The lowest BCUT2D eigenvalue weighted by molar-refractivity contribution is 0.590. The predicted molar refractivity (Wildman–Crippen MR) is 290 cm³/mol. The molecule has 0 atom stereocenters. The zero-order valence-electron chi connectivity index (χ0n) is 45.1. The Hall–Kier alpha value is -6.98. The van der Waals surface area contributed by atoms with Gasteiger partial charge in [-0.3, -0.25) is 0 Å². The average Bonchev–Trinajstić information content (AvgIpc) is 4.21. The summed E-state index contributed by atoms with van der Waals surface area (Å²) in [6.45, 7) is 11.6. The Morgan fingerprint density at radius 1 is 0.379 bits per heavy atom. The summed E-state index contributed by atoms with van der Waals surface area (Å²) >= 11 is 3.54. The van der Waals surface area contributed by atoms with Crippen molar-refractivity contribution < 1.29 is 11.0 Å². The van der Waals surface area contributed by atoms with Crippen molar-refractivity contribution in [1.29, 1.82) is 0 Å². The van der Waals surface area contributed by atoms with E-state index in [9.17, 15) is 11.0 Å². The molecule has 0 aliphatic carbocycles. The van der Waals surface area contributed by atoms with Crippen LogP contribution in [-0.4, -0.2) is 8.80 Å². The second-order valence-electron chi connectivity index (χ2n) is 20.2. The number of thiophene rings is 2. The van der Waals surface area contributed by atoms with Gasteiger partial charge in [-0.2, -0.15) is 0 Å². The van der Waals surface area contributed by atoms with Crippen LogP contribution in [0.15, 0.2) is 158 Å². The molecule has 0 radical (unpaired) electrons. The summed E-state index contributed by atoms with van der Waals surface area (Å²) < 4.78 is 85.6. The zero-order chi connectivity index (χ0) is 51.1. The largest absolute Gasteiger partial charge is 0.308 e. The third-order valence-corrected chi connectivity index (χ3v) is 16.7. The molecular formula is C62H44N2S2. The van der Waals surface area contributed by atoms with Gasteiger partial charge in [-0.05, 0) is 80.6 Å². The predicted octanol–water partition coefficient (Wildman–Crippen LogP) is 18.7. The van der Waals surface area contributed by atoms with E-state index < -0.39 is 10.8 Å². The lowest BCUT2D eigenvalue weighted by atomic mass is 9.86. The first-order valence-electron chi connectivity index (χ1n) is 26.6. The molecule has 2 nitrogen and oxygen atoms in total. The maximum Gasteiger partial charge on any atom is 0.0629 e. The summed E-state index contributed by atoms with van der Waals surface area (Å²) in [5.41, 5.74) is 6.92. The molecule has 9 aromatic carbocycles. The molecule has 0 aliphatic heterocycles. The summed E-state index contributed by atoms with van der Waals surface area (Å²) in [4.78, 5) is 0. The van der Waals surface area contributed by atoms with Crippen molar-refractivity contribution in [2.75, 3.05) is 0 Å². The number of nitrogens with zero attached hydrogens (tertiary/aromatic N) is 2. The van der Waals surface area contributed by atoms with Gasteiger partial charge >= 0.3 is 0 Å². The third-order valence-electron chi connectivity index (χ3n) is 14.3. The first-order valence-corrected chi connectivity index (χ1v) is 24.2. The average molecular weight is 889 g/mol. The minimum atomic E-state index is -0.630. The highest BCUT2D eigenvalue weighted by molar-refractivity contribution is 7.27. The smallest absolute Gasteiger partial charge is 0.0629 e. The Bertz CT molecular complexity index is 4700. The molecule has 15 aromatic rings. The number of fused-ring (bicyclic) bond motifs is 20. The number of hydrogen-bond acceptors (Lipinski definition) is 2. The highest BCUT2D eigenvalue weighted by Gasteiger charge is 2.28. The molecule has 4 heteroatoms. The molecule has 0 aliphatic rings. The second kappa shape index (κ2) is 12.5. The fourth-order valence-electron chi connectivity index (χ4n) is 11.2. The van der Waals surface area contributed by atoms with Crippen LogP contribution in [0, 0.1) is 0 Å². The molecule has 0 saturated carbocycles. The zero-order valence-corrected chi connectivity index (χ0v) is 38.7. The Morgan fingerprint density at radius 3 is 1.18 bits per heavy atom. The van der Waals surface area contributed by atoms with E-state index in [0.29, 0.717) is 22.3 Å². The van der Waals surface area contributed by atoms with Crippen LogP contribution in [-0.2, 0) is 10.8 Å². The van der Waals surface area contributed by atoms with Gasteiger partial charge in [0.05, 0.1) is 44.1 Å². The minimum absolute atomic E-state index is 0.0398. The van der Waals surface area contributed by atoms with Gasteiger partial charge in [-0.15, -0.1) is 22.7 Å². The topological polar surface area (TPSA) is 8.82 Å². The molecule has 0 amide bonds. The van der Waals surface area contributed by atoms with Gasteiger partial charge in [0.2, 0.25) is 0 Å². The number of benzene rings is 9. The van der Waals surface area contributed by atoms with Crippen LogP contribution in [0.3, 0.4) is 0 Å². The summed E-state index contributed by atoms with van der Waals surface area (Å²) in [5.74, 6) is 0. The lowest BCUT2D eigenvalue weighted by Crippen LogP contribution is -2.10. The maximum absolute atomic E-state index is 9.67. The fraction of sp³-hybridized carbons (Fsp3) is 0.129. The molecule has 0 bridgehead atoms. The molecule has 0 saturated heterocycles. The second-order valence-corrected chi connectivity index (χ2v) is 22.3. The molecule has 0 fully saturated rings. The van der Waals surface area contributed by atoms with E-state index in [2.05, 4.69) is 106 Å². The highest BCUT2D eigenvalue weighted by Crippen LogP contribution is 2.52. The monoisotopic (exact) mass is 888 g/mol. The molecule has 0 N–H and O–H groups in total. The van der Waals surface area contributed by atoms with Gasteiger partial charge in [0, 0.05) is 83.4 Å². The van der Waals surface area contributed by atoms with Crippen LogP contribution in [0.4, 0.5) is 0 Å².